The van der Waals surface area contributed by atoms with Crippen molar-refractivity contribution in [3.63, 3.8) is 0 Å². The van der Waals surface area contributed by atoms with Gasteiger partial charge in [0, 0.05) is 10.6 Å². The van der Waals surface area contributed by atoms with Gasteiger partial charge in [0.25, 0.3) is 5.56 Å². The van der Waals surface area contributed by atoms with Gasteiger partial charge in [-0.1, -0.05) is 30.1 Å². The predicted molar refractivity (Wildman–Crippen MR) is 105 cm³/mol. The third-order valence-corrected chi connectivity index (χ3v) is 6.81. The Bertz CT molecular complexity index is 1240. The summed E-state index contributed by atoms with van der Waals surface area (Å²) in [6.07, 6.45) is 1.19. The van der Waals surface area contributed by atoms with Gasteiger partial charge in [-0.05, 0) is 29.8 Å². The average molecular weight is 445 g/mol. The van der Waals surface area contributed by atoms with Gasteiger partial charge in [-0.15, -0.1) is 0 Å². The largest absolute Gasteiger partial charge is 0.392 e. The molecule has 3 aromatic rings. The van der Waals surface area contributed by atoms with Gasteiger partial charge in [0.15, 0.2) is 9.84 Å². The van der Waals surface area contributed by atoms with E-state index in [4.69, 9.17) is 23.2 Å². The Kier molecular flexibility index (Phi) is 5.77. The number of aliphatic hydroxyl groups excluding tert-OH is 1. The molecule has 1 N–H and O–H groups in total. The van der Waals surface area contributed by atoms with E-state index in [0.29, 0.717) is 10.6 Å². The van der Waals surface area contributed by atoms with Crippen LogP contribution in [0.25, 0.3) is 10.9 Å². The smallest absolute Gasteiger partial charge is 0.261 e. The summed E-state index contributed by atoms with van der Waals surface area (Å²) < 4.78 is 40.0. The summed E-state index contributed by atoms with van der Waals surface area (Å²) >= 11 is 12.0. The van der Waals surface area contributed by atoms with Crippen LogP contribution in [-0.2, 0) is 23.0 Å². The number of sulfone groups is 1. The van der Waals surface area contributed by atoms with Crippen molar-refractivity contribution in [3.8, 4) is 0 Å². The number of benzene rings is 2. The Labute approximate surface area is 170 Å². The molecule has 0 amide bonds. The van der Waals surface area contributed by atoms with Gasteiger partial charge < -0.3 is 5.11 Å². The summed E-state index contributed by atoms with van der Waals surface area (Å²) in [5.74, 6) is -0.939. The minimum atomic E-state index is -3.55. The van der Waals surface area contributed by atoms with E-state index in [9.17, 15) is 22.7 Å². The first kappa shape index (κ1) is 20.7. The molecule has 1 heterocycles. The molecule has 0 unspecified atom stereocenters. The molecule has 0 aliphatic carbocycles. The number of aliphatic hydroxyl groups is 1. The Balaban J connectivity index is 2.19. The number of hydrogen-bond donors (Lipinski definition) is 1. The first-order chi connectivity index (χ1) is 13.2. The van der Waals surface area contributed by atoms with E-state index in [-0.39, 0.29) is 38.7 Å². The van der Waals surface area contributed by atoms with Gasteiger partial charge in [-0.2, -0.15) is 0 Å². The second-order valence-electron chi connectivity index (χ2n) is 6.04. The quantitative estimate of drug-likeness (QED) is 0.652. The highest BCUT2D eigenvalue weighted by Crippen LogP contribution is 2.27. The normalized spacial score (nSPS) is 11.9. The van der Waals surface area contributed by atoms with Crippen LogP contribution in [0.15, 0.2) is 40.3 Å². The maximum atomic E-state index is 14.1. The standard InChI is InChI=1S/C18H15Cl2FN2O4S/c1-2-28(26,27)15-4-3-11(19)5-10(15)7-23-9-22-17-12(18(23)25)6-14(21)13(8-24)16(17)20/h3-6,9,24H,2,7-8H2,1H3. The summed E-state index contributed by atoms with van der Waals surface area (Å²) in [5.41, 5.74) is -0.378. The van der Waals surface area contributed by atoms with Gasteiger partial charge in [-0.3, -0.25) is 9.36 Å². The fraction of sp³-hybridized carbons (Fsp3) is 0.222. The van der Waals surface area contributed by atoms with Crippen molar-refractivity contribution in [2.24, 2.45) is 0 Å². The lowest BCUT2D eigenvalue weighted by Gasteiger charge is -2.13. The molecule has 1 aromatic heterocycles. The van der Waals surface area contributed by atoms with E-state index in [0.717, 1.165) is 10.6 Å². The molecule has 6 nitrogen and oxygen atoms in total. The van der Waals surface area contributed by atoms with Crippen molar-refractivity contribution in [1.29, 1.82) is 0 Å². The summed E-state index contributed by atoms with van der Waals surface area (Å²) in [5, 5.41) is 9.32. The molecule has 0 saturated heterocycles. The van der Waals surface area contributed by atoms with Crippen LogP contribution >= 0.6 is 23.2 Å². The summed E-state index contributed by atoms with van der Waals surface area (Å²) in [6, 6.07) is 5.27. The minimum Gasteiger partial charge on any atom is -0.392 e. The van der Waals surface area contributed by atoms with Crippen LogP contribution in [0.1, 0.15) is 18.1 Å². The Morgan fingerprint density at radius 2 is 1.96 bits per heavy atom. The molecule has 2 aromatic carbocycles. The van der Waals surface area contributed by atoms with Gasteiger partial charge in [0.2, 0.25) is 0 Å². The number of aromatic nitrogens is 2. The molecular weight excluding hydrogens is 430 g/mol. The van der Waals surface area contributed by atoms with Crippen molar-refractivity contribution >= 4 is 43.9 Å². The lowest BCUT2D eigenvalue weighted by Crippen LogP contribution is -2.23. The Hall–Kier alpha value is -2.00. The third-order valence-electron chi connectivity index (χ3n) is 4.34. The molecule has 0 radical (unpaired) electrons. The summed E-state index contributed by atoms with van der Waals surface area (Å²) in [7, 11) is -3.55. The van der Waals surface area contributed by atoms with Crippen LogP contribution in [0.4, 0.5) is 4.39 Å². The van der Waals surface area contributed by atoms with Crippen LogP contribution in [0.5, 0.6) is 0 Å². The Morgan fingerprint density at radius 1 is 1.25 bits per heavy atom. The zero-order chi connectivity index (χ0) is 20.6. The fourth-order valence-electron chi connectivity index (χ4n) is 2.84. The highest BCUT2D eigenvalue weighted by atomic mass is 35.5. The van der Waals surface area contributed by atoms with Crippen molar-refractivity contribution < 1.29 is 17.9 Å². The molecule has 0 saturated carbocycles. The second kappa shape index (κ2) is 7.79. The summed E-state index contributed by atoms with van der Waals surface area (Å²) in [6.45, 7) is 0.755. The first-order valence-corrected chi connectivity index (χ1v) is 10.6. The molecule has 0 aliphatic rings. The topological polar surface area (TPSA) is 89.3 Å². The zero-order valence-corrected chi connectivity index (χ0v) is 16.9. The average Bonchev–Trinajstić information content (AvgIpc) is 2.65. The molecule has 0 bridgehead atoms. The number of nitrogens with zero attached hydrogens (tertiary/aromatic N) is 2. The molecule has 0 atom stereocenters. The lowest BCUT2D eigenvalue weighted by atomic mass is 10.1. The van der Waals surface area contributed by atoms with Crippen molar-refractivity contribution in [1.82, 2.24) is 9.55 Å². The maximum absolute atomic E-state index is 14.1. The van der Waals surface area contributed by atoms with Crippen LogP contribution in [0.3, 0.4) is 0 Å². The van der Waals surface area contributed by atoms with Crippen LogP contribution in [0.2, 0.25) is 10.0 Å². The van der Waals surface area contributed by atoms with E-state index in [1.54, 1.807) is 0 Å². The van der Waals surface area contributed by atoms with E-state index in [1.165, 1.54) is 31.5 Å². The monoisotopic (exact) mass is 444 g/mol. The minimum absolute atomic E-state index is 0.0564. The van der Waals surface area contributed by atoms with Gasteiger partial charge >= 0.3 is 0 Å². The molecule has 3 rings (SSSR count). The zero-order valence-electron chi connectivity index (χ0n) is 14.6. The van der Waals surface area contributed by atoms with E-state index >= 15 is 0 Å². The molecule has 0 aliphatic heterocycles. The predicted octanol–water partition coefficient (Wildman–Crippen LogP) is 3.18. The highest BCUT2D eigenvalue weighted by molar-refractivity contribution is 7.91. The highest BCUT2D eigenvalue weighted by Gasteiger charge is 2.19. The van der Waals surface area contributed by atoms with Crippen LogP contribution in [0, 0.1) is 5.82 Å². The van der Waals surface area contributed by atoms with Crippen LogP contribution in [-0.4, -0.2) is 28.8 Å². The molecule has 0 fully saturated rings. The molecule has 28 heavy (non-hydrogen) atoms. The summed E-state index contributed by atoms with van der Waals surface area (Å²) in [4.78, 5) is 17.0. The molecule has 10 heteroatoms. The number of hydrogen-bond acceptors (Lipinski definition) is 5. The van der Waals surface area contributed by atoms with Gasteiger partial charge in [0.1, 0.15) is 5.82 Å². The van der Waals surface area contributed by atoms with Crippen LogP contribution < -0.4 is 5.56 Å². The third kappa shape index (κ3) is 3.65. The molecular formula is C18H15Cl2FN2O4S. The maximum Gasteiger partial charge on any atom is 0.261 e. The fourth-order valence-corrected chi connectivity index (χ4v) is 4.45. The van der Waals surface area contributed by atoms with Crippen molar-refractivity contribution in [3.05, 3.63) is 67.9 Å². The van der Waals surface area contributed by atoms with E-state index < -0.39 is 27.8 Å². The molecule has 148 valence electrons. The van der Waals surface area contributed by atoms with E-state index in [2.05, 4.69) is 4.98 Å². The van der Waals surface area contributed by atoms with Crippen molar-refractivity contribution in [2.75, 3.05) is 5.75 Å². The molecule has 0 spiro atoms. The first-order valence-electron chi connectivity index (χ1n) is 8.17. The second-order valence-corrected chi connectivity index (χ2v) is 9.10. The Morgan fingerprint density at radius 3 is 2.61 bits per heavy atom. The van der Waals surface area contributed by atoms with Gasteiger partial charge in [-0.25, -0.2) is 17.8 Å². The van der Waals surface area contributed by atoms with Crippen molar-refractivity contribution in [2.45, 2.75) is 25.0 Å². The SMILES string of the molecule is CCS(=O)(=O)c1ccc(Cl)cc1Cn1cnc2c(Cl)c(CO)c(F)cc2c1=O. The van der Waals surface area contributed by atoms with E-state index in [1.807, 2.05) is 0 Å². The lowest BCUT2D eigenvalue weighted by molar-refractivity contribution is 0.276. The van der Waals surface area contributed by atoms with Gasteiger partial charge in [0.05, 0.1) is 46.1 Å². The number of halogens is 3. The number of fused-ring (bicyclic) bond motifs is 1. The number of rotatable bonds is 5.